The quantitative estimate of drug-likeness (QED) is 0.490. The Morgan fingerprint density at radius 3 is 2.56 bits per heavy atom. The zero-order valence-corrected chi connectivity index (χ0v) is 11.6. The van der Waals surface area contributed by atoms with E-state index < -0.39 is 6.10 Å². The van der Waals surface area contributed by atoms with E-state index in [0.29, 0.717) is 32.8 Å². The van der Waals surface area contributed by atoms with E-state index >= 15 is 0 Å². The number of carbonyl (C=O) groups is 1. The Morgan fingerprint density at radius 2 is 2.00 bits per heavy atom. The lowest BCUT2D eigenvalue weighted by atomic mass is 10.3. The van der Waals surface area contributed by atoms with Crippen LogP contribution in [0, 0.1) is 0 Å². The minimum Gasteiger partial charge on any atom is -0.389 e. The lowest BCUT2D eigenvalue weighted by Gasteiger charge is -2.19. The van der Waals surface area contributed by atoms with E-state index in [4.69, 9.17) is 9.47 Å². The molecule has 0 aliphatic rings. The Hall–Kier alpha value is -0.690. The van der Waals surface area contributed by atoms with Gasteiger partial charge in [-0.15, -0.1) is 0 Å². The van der Waals surface area contributed by atoms with E-state index in [1.807, 2.05) is 13.8 Å². The van der Waals surface area contributed by atoms with Crippen molar-refractivity contribution in [3.05, 3.63) is 0 Å². The minimum absolute atomic E-state index is 0.0486. The first-order valence-electron chi connectivity index (χ1n) is 6.38. The number of rotatable bonds is 11. The first kappa shape index (κ1) is 17.3. The van der Waals surface area contributed by atoms with Crippen LogP contribution in [0.25, 0.3) is 0 Å². The topological polar surface area (TPSA) is 71.0 Å². The molecule has 2 N–H and O–H groups in total. The van der Waals surface area contributed by atoms with Crippen molar-refractivity contribution in [3.8, 4) is 0 Å². The van der Waals surface area contributed by atoms with E-state index in [1.54, 1.807) is 12.0 Å². The van der Waals surface area contributed by atoms with Crippen LogP contribution >= 0.6 is 0 Å². The number of likely N-dealkylation sites (N-methyl/N-ethyl adjacent to an activating group) is 1. The standard InChI is InChI=1S/C12H26N2O4/c1-4-14(5-2)12(16)9-13-8-11(15)10-18-7-6-17-3/h11,13,15H,4-10H2,1-3H3. The van der Waals surface area contributed by atoms with Crippen LogP contribution in [0.1, 0.15) is 13.8 Å². The zero-order valence-electron chi connectivity index (χ0n) is 11.6. The van der Waals surface area contributed by atoms with Crippen LogP contribution in [0.3, 0.4) is 0 Å². The van der Waals surface area contributed by atoms with E-state index in [9.17, 15) is 9.90 Å². The predicted octanol–water partition coefficient (Wildman–Crippen LogP) is -0.532. The largest absolute Gasteiger partial charge is 0.389 e. The highest BCUT2D eigenvalue weighted by atomic mass is 16.5. The van der Waals surface area contributed by atoms with Gasteiger partial charge in [0, 0.05) is 26.7 Å². The average Bonchev–Trinajstić information content (AvgIpc) is 2.36. The molecule has 0 rings (SSSR count). The van der Waals surface area contributed by atoms with Gasteiger partial charge in [-0.25, -0.2) is 0 Å². The molecule has 0 aromatic rings. The number of ether oxygens (including phenoxy) is 2. The van der Waals surface area contributed by atoms with Crippen molar-refractivity contribution >= 4 is 5.91 Å². The third-order valence-corrected chi connectivity index (χ3v) is 2.51. The number of methoxy groups -OCH3 is 1. The highest BCUT2D eigenvalue weighted by molar-refractivity contribution is 5.78. The Labute approximate surface area is 109 Å². The zero-order chi connectivity index (χ0) is 13.8. The summed E-state index contributed by atoms with van der Waals surface area (Å²) in [6.07, 6.45) is -0.605. The highest BCUT2D eigenvalue weighted by Crippen LogP contribution is 1.88. The van der Waals surface area contributed by atoms with Gasteiger partial charge in [-0.3, -0.25) is 4.79 Å². The summed E-state index contributed by atoms with van der Waals surface area (Å²) in [5.41, 5.74) is 0. The highest BCUT2D eigenvalue weighted by Gasteiger charge is 2.10. The summed E-state index contributed by atoms with van der Waals surface area (Å²) in [6.45, 7) is 7.12. The van der Waals surface area contributed by atoms with Crippen molar-refractivity contribution in [2.45, 2.75) is 20.0 Å². The first-order valence-corrected chi connectivity index (χ1v) is 6.38. The van der Waals surface area contributed by atoms with Crippen LogP contribution in [0.4, 0.5) is 0 Å². The molecule has 6 nitrogen and oxygen atoms in total. The van der Waals surface area contributed by atoms with Crippen molar-refractivity contribution < 1.29 is 19.4 Å². The molecule has 0 bridgehead atoms. The maximum atomic E-state index is 11.6. The molecule has 1 atom stereocenters. The number of nitrogens with one attached hydrogen (secondary N) is 1. The fraction of sp³-hybridized carbons (Fsp3) is 0.917. The maximum Gasteiger partial charge on any atom is 0.236 e. The second-order valence-corrected chi connectivity index (χ2v) is 3.92. The number of hydrogen-bond acceptors (Lipinski definition) is 5. The number of carbonyl (C=O) groups excluding carboxylic acids is 1. The molecular formula is C12H26N2O4. The van der Waals surface area contributed by atoms with Crippen molar-refractivity contribution in [2.24, 2.45) is 0 Å². The molecule has 0 fully saturated rings. The minimum atomic E-state index is -0.605. The van der Waals surface area contributed by atoms with Crippen LogP contribution in [0.5, 0.6) is 0 Å². The predicted molar refractivity (Wildman–Crippen MR) is 69.5 cm³/mol. The van der Waals surface area contributed by atoms with E-state index in [2.05, 4.69) is 5.32 Å². The molecule has 1 unspecified atom stereocenters. The summed E-state index contributed by atoms with van der Waals surface area (Å²) < 4.78 is 9.99. The molecule has 6 heteroatoms. The summed E-state index contributed by atoms with van der Waals surface area (Å²) in [5.74, 6) is 0.0486. The normalized spacial score (nSPS) is 12.4. The smallest absolute Gasteiger partial charge is 0.236 e. The van der Waals surface area contributed by atoms with Gasteiger partial charge in [-0.05, 0) is 13.8 Å². The van der Waals surface area contributed by atoms with Gasteiger partial charge >= 0.3 is 0 Å². The third kappa shape index (κ3) is 8.41. The average molecular weight is 262 g/mol. The van der Waals surface area contributed by atoms with Gasteiger partial charge in [-0.2, -0.15) is 0 Å². The lowest BCUT2D eigenvalue weighted by Crippen LogP contribution is -2.40. The number of hydrogen-bond donors (Lipinski definition) is 2. The van der Waals surface area contributed by atoms with E-state index in [1.165, 1.54) is 0 Å². The number of aliphatic hydroxyl groups excluding tert-OH is 1. The molecule has 0 aliphatic heterocycles. The Morgan fingerprint density at radius 1 is 1.33 bits per heavy atom. The number of amides is 1. The Kier molecular flexibility index (Phi) is 11.0. The number of aliphatic hydroxyl groups is 1. The molecule has 0 radical (unpaired) electrons. The second-order valence-electron chi connectivity index (χ2n) is 3.92. The summed E-state index contributed by atoms with van der Waals surface area (Å²) >= 11 is 0. The van der Waals surface area contributed by atoms with Gasteiger partial charge in [0.15, 0.2) is 0 Å². The number of nitrogens with zero attached hydrogens (tertiary/aromatic N) is 1. The van der Waals surface area contributed by atoms with Crippen molar-refractivity contribution in [1.29, 1.82) is 0 Å². The fourth-order valence-corrected chi connectivity index (χ4v) is 1.45. The van der Waals surface area contributed by atoms with Crippen LogP contribution < -0.4 is 5.32 Å². The SMILES string of the molecule is CCN(CC)C(=O)CNCC(O)COCCOC. The maximum absolute atomic E-state index is 11.6. The van der Waals surface area contributed by atoms with Crippen LogP contribution in [-0.4, -0.2) is 75.1 Å². The molecule has 1 amide bonds. The molecule has 0 aromatic carbocycles. The summed E-state index contributed by atoms with van der Waals surface area (Å²) in [5, 5.41) is 12.5. The van der Waals surface area contributed by atoms with Crippen LogP contribution in [0.15, 0.2) is 0 Å². The molecular weight excluding hydrogens is 236 g/mol. The van der Waals surface area contributed by atoms with Gasteiger partial charge in [0.05, 0.1) is 32.5 Å². The second kappa shape index (κ2) is 11.4. The molecule has 0 saturated carbocycles. The Bertz CT molecular complexity index is 210. The van der Waals surface area contributed by atoms with Gasteiger partial charge < -0.3 is 24.8 Å². The monoisotopic (exact) mass is 262 g/mol. The van der Waals surface area contributed by atoms with Crippen LogP contribution in [-0.2, 0) is 14.3 Å². The van der Waals surface area contributed by atoms with Gasteiger partial charge in [0.2, 0.25) is 5.91 Å². The molecule has 0 spiro atoms. The molecule has 0 heterocycles. The van der Waals surface area contributed by atoms with Crippen molar-refractivity contribution in [2.75, 3.05) is 53.1 Å². The van der Waals surface area contributed by atoms with Gasteiger partial charge in [0.1, 0.15) is 0 Å². The molecule has 108 valence electrons. The molecule has 0 aliphatic carbocycles. The summed E-state index contributed by atoms with van der Waals surface area (Å²) in [6, 6.07) is 0. The van der Waals surface area contributed by atoms with Crippen LogP contribution in [0.2, 0.25) is 0 Å². The molecule has 0 aromatic heterocycles. The van der Waals surface area contributed by atoms with Crippen molar-refractivity contribution in [3.63, 3.8) is 0 Å². The van der Waals surface area contributed by atoms with Crippen molar-refractivity contribution in [1.82, 2.24) is 10.2 Å². The third-order valence-electron chi connectivity index (χ3n) is 2.51. The molecule has 18 heavy (non-hydrogen) atoms. The van der Waals surface area contributed by atoms with Gasteiger partial charge in [0.25, 0.3) is 0 Å². The lowest BCUT2D eigenvalue weighted by molar-refractivity contribution is -0.129. The van der Waals surface area contributed by atoms with E-state index in [0.717, 1.165) is 0 Å². The van der Waals surface area contributed by atoms with Gasteiger partial charge in [-0.1, -0.05) is 0 Å². The summed E-state index contributed by atoms with van der Waals surface area (Å²) in [4.78, 5) is 13.4. The first-order chi connectivity index (χ1) is 8.65. The fourth-order valence-electron chi connectivity index (χ4n) is 1.45. The van der Waals surface area contributed by atoms with E-state index in [-0.39, 0.29) is 19.1 Å². The summed E-state index contributed by atoms with van der Waals surface area (Å²) in [7, 11) is 1.60. The Balaban J connectivity index is 3.55. The molecule has 0 saturated heterocycles.